The average Bonchev–Trinajstić information content (AvgIpc) is 2.33. The molecule has 1 aromatic carbocycles. The van der Waals surface area contributed by atoms with Crippen LogP contribution in [-0.2, 0) is 0 Å². The van der Waals surface area contributed by atoms with Gasteiger partial charge in [0, 0.05) is 11.9 Å². The highest BCUT2D eigenvalue weighted by atomic mass is 19.1. The van der Waals surface area contributed by atoms with Crippen LogP contribution < -0.4 is 5.32 Å². The Morgan fingerprint density at radius 1 is 1.12 bits per heavy atom. The van der Waals surface area contributed by atoms with Crippen LogP contribution in [0.25, 0.3) is 0 Å². The zero-order valence-electron chi connectivity index (χ0n) is 9.94. The number of aromatic nitrogens is 1. The molecule has 2 aromatic rings. The highest BCUT2D eigenvalue weighted by Crippen LogP contribution is 2.21. The Balaban J connectivity index is 2.36. The Hall–Kier alpha value is -1.74. The lowest BCUT2D eigenvalue weighted by Gasteiger charge is -2.17. The summed E-state index contributed by atoms with van der Waals surface area (Å²) in [6, 6.07) is 10.6. The molecule has 1 heterocycles. The van der Waals surface area contributed by atoms with Gasteiger partial charge in [-0.3, -0.25) is 4.98 Å². The molecule has 1 unspecified atom stereocenters. The molecule has 17 heavy (non-hydrogen) atoms. The lowest BCUT2D eigenvalue weighted by Crippen LogP contribution is -2.17. The van der Waals surface area contributed by atoms with Crippen LogP contribution in [0.3, 0.4) is 0 Å². The fourth-order valence-electron chi connectivity index (χ4n) is 1.93. The second-order valence-electron chi connectivity index (χ2n) is 4.00. The van der Waals surface area contributed by atoms with Gasteiger partial charge < -0.3 is 5.32 Å². The average molecular weight is 230 g/mol. The predicted molar refractivity (Wildman–Crippen MR) is 66.3 cm³/mol. The lowest BCUT2D eigenvalue weighted by atomic mass is 9.99. The molecule has 0 aliphatic rings. The summed E-state index contributed by atoms with van der Waals surface area (Å²) in [5, 5.41) is 3.23. The van der Waals surface area contributed by atoms with Crippen molar-refractivity contribution in [2.24, 2.45) is 0 Å². The SMILES string of the molecule is CNC(c1ccc(F)cc1)c1ccnc(C)c1. The van der Waals surface area contributed by atoms with Crippen LogP contribution in [0.2, 0.25) is 0 Å². The van der Waals surface area contributed by atoms with E-state index in [-0.39, 0.29) is 11.9 Å². The highest BCUT2D eigenvalue weighted by Gasteiger charge is 2.11. The van der Waals surface area contributed by atoms with E-state index in [9.17, 15) is 4.39 Å². The Morgan fingerprint density at radius 3 is 2.41 bits per heavy atom. The Morgan fingerprint density at radius 2 is 1.82 bits per heavy atom. The Labute approximate surface area is 101 Å². The second-order valence-corrected chi connectivity index (χ2v) is 4.00. The normalized spacial score (nSPS) is 12.4. The van der Waals surface area contributed by atoms with Gasteiger partial charge in [0.25, 0.3) is 0 Å². The van der Waals surface area contributed by atoms with Crippen molar-refractivity contribution in [2.45, 2.75) is 13.0 Å². The molecule has 0 saturated heterocycles. The van der Waals surface area contributed by atoms with Gasteiger partial charge >= 0.3 is 0 Å². The number of nitrogens with zero attached hydrogens (tertiary/aromatic N) is 1. The Kier molecular flexibility index (Phi) is 3.49. The highest BCUT2D eigenvalue weighted by molar-refractivity contribution is 5.31. The quantitative estimate of drug-likeness (QED) is 0.877. The molecule has 0 saturated carbocycles. The largest absolute Gasteiger partial charge is 0.309 e. The lowest BCUT2D eigenvalue weighted by molar-refractivity contribution is 0.623. The fourth-order valence-corrected chi connectivity index (χ4v) is 1.93. The molecule has 0 aliphatic carbocycles. The van der Waals surface area contributed by atoms with E-state index in [0.29, 0.717) is 0 Å². The van der Waals surface area contributed by atoms with Crippen LogP contribution in [0, 0.1) is 12.7 Å². The molecule has 1 N–H and O–H groups in total. The Bertz CT molecular complexity index is 494. The molecule has 0 amide bonds. The van der Waals surface area contributed by atoms with E-state index in [1.54, 1.807) is 18.3 Å². The van der Waals surface area contributed by atoms with Crippen molar-refractivity contribution in [1.29, 1.82) is 0 Å². The summed E-state index contributed by atoms with van der Waals surface area (Å²) in [6.07, 6.45) is 1.79. The summed E-state index contributed by atoms with van der Waals surface area (Å²) in [6.45, 7) is 1.96. The van der Waals surface area contributed by atoms with Crippen LogP contribution >= 0.6 is 0 Å². The molecule has 0 fully saturated rings. The van der Waals surface area contributed by atoms with Crippen molar-refractivity contribution in [3.05, 3.63) is 65.2 Å². The van der Waals surface area contributed by atoms with E-state index in [1.807, 2.05) is 26.1 Å². The van der Waals surface area contributed by atoms with Crippen molar-refractivity contribution >= 4 is 0 Å². The molecule has 2 rings (SSSR count). The topological polar surface area (TPSA) is 24.9 Å². The van der Waals surface area contributed by atoms with Crippen molar-refractivity contribution < 1.29 is 4.39 Å². The van der Waals surface area contributed by atoms with Crippen LogP contribution in [0.1, 0.15) is 22.9 Å². The first-order valence-electron chi connectivity index (χ1n) is 5.56. The van der Waals surface area contributed by atoms with Gasteiger partial charge in [-0.1, -0.05) is 12.1 Å². The number of halogens is 1. The molecule has 1 atom stereocenters. The summed E-state index contributed by atoms with van der Waals surface area (Å²) < 4.78 is 12.9. The number of hydrogen-bond donors (Lipinski definition) is 1. The maximum Gasteiger partial charge on any atom is 0.123 e. The molecule has 0 radical (unpaired) electrons. The van der Waals surface area contributed by atoms with Gasteiger partial charge in [-0.25, -0.2) is 4.39 Å². The van der Waals surface area contributed by atoms with Crippen LogP contribution in [-0.4, -0.2) is 12.0 Å². The van der Waals surface area contributed by atoms with E-state index < -0.39 is 0 Å². The minimum absolute atomic E-state index is 0.0669. The molecule has 3 heteroatoms. The van der Waals surface area contributed by atoms with Gasteiger partial charge in [-0.15, -0.1) is 0 Å². The molecule has 0 bridgehead atoms. The minimum atomic E-state index is -0.213. The summed E-state index contributed by atoms with van der Waals surface area (Å²) >= 11 is 0. The van der Waals surface area contributed by atoms with Gasteiger partial charge in [-0.05, 0) is 49.4 Å². The van der Waals surface area contributed by atoms with E-state index in [0.717, 1.165) is 16.8 Å². The summed E-state index contributed by atoms with van der Waals surface area (Å²) in [4.78, 5) is 4.18. The van der Waals surface area contributed by atoms with Crippen molar-refractivity contribution in [3.63, 3.8) is 0 Å². The van der Waals surface area contributed by atoms with E-state index in [1.165, 1.54) is 12.1 Å². The molecular formula is C14H15FN2. The molecule has 0 spiro atoms. The second kappa shape index (κ2) is 5.06. The van der Waals surface area contributed by atoms with E-state index in [4.69, 9.17) is 0 Å². The zero-order chi connectivity index (χ0) is 12.3. The molecule has 88 valence electrons. The third-order valence-electron chi connectivity index (χ3n) is 2.75. The molecule has 2 nitrogen and oxygen atoms in total. The van der Waals surface area contributed by atoms with Gasteiger partial charge in [0.2, 0.25) is 0 Å². The van der Waals surface area contributed by atoms with Crippen LogP contribution in [0.5, 0.6) is 0 Å². The van der Waals surface area contributed by atoms with E-state index >= 15 is 0 Å². The van der Waals surface area contributed by atoms with Crippen molar-refractivity contribution in [3.8, 4) is 0 Å². The van der Waals surface area contributed by atoms with Crippen LogP contribution in [0.4, 0.5) is 4.39 Å². The first-order valence-corrected chi connectivity index (χ1v) is 5.56. The van der Waals surface area contributed by atoms with Gasteiger partial charge in [0.15, 0.2) is 0 Å². The number of pyridine rings is 1. The smallest absolute Gasteiger partial charge is 0.123 e. The van der Waals surface area contributed by atoms with Gasteiger partial charge in [0.1, 0.15) is 5.82 Å². The van der Waals surface area contributed by atoms with Crippen LogP contribution in [0.15, 0.2) is 42.6 Å². The summed E-state index contributed by atoms with van der Waals surface area (Å²) in [5.41, 5.74) is 3.15. The number of benzene rings is 1. The van der Waals surface area contributed by atoms with Crippen molar-refractivity contribution in [1.82, 2.24) is 10.3 Å². The summed E-state index contributed by atoms with van der Waals surface area (Å²) in [7, 11) is 1.89. The number of aryl methyl sites for hydroxylation is 1. The van der Waals surface area contributed by atoms with E-state index in [2.05, 4.69) is 10.3 Å². The zero-order valence-corrected chi connectivity index (χ0v) is 9.94. The molecule has 0 aliphatic heterocycles. The minimum Gasteiger partial charge on any atom is -0.309 e. The standard InChI is InChI=1S/C14H15FN2/c1-10-9-12(7-8-17-10)14(16-2)11-3-5-13(15)6-4-11/h3-9,14,16H,1-2H3. The van der Waals surface area contributed by atoms with Gasteiger partial charge in [-0.2, -0.15) is 0 Å². The fraction of sp³-hybridized carbons (Fsp3) is 0.214. The van der Waals surface area contributed by atoms with Gasteiger partial charge in [0.05, 0.1) is 6.04 Å². The molecular weight excluding hydrogens is 215 g/mol. The number of nitrogens with one attached hydrogen (secondary N) is 1. The molecule has 1 aromatic heterocycles. The number of hydrogen-bond acceptors (Lipinski definition) is 2. The third kappa shape index (κ3) is 2.68. The number of rotatable bonds is 3. The third-order valence-corrected chi connectivity index (χ3v) is 2.75. The van der Waals surface area contributed by atoms with Crippen molar-refractivity contribution in [2.75, 3.05) is 7.05 Å². The first kappa shape index (κ1) is 11.7. The predicted octanol–water partition coefficient (Wildman–Crippen LogP) is 2.84. The maximum absolute atomic E-state index is 12.9. The monoisotopic (exact) mass is 230 g/mol. The first-order chi connectivity index (χ1) is 8.20. The maximum atomic E-state index is 12.9. The summed E-state index contributed by atoms with van der Waals surface area (Å²) in [5.74, 6) is -0.213.